The van der Waals surface area contributed by atoms with Crippen LogP contribution >= 0.6 is 0 Å². The van der Waals surface area contributed by atoms with Crippen LogP contribution in [0.1, 0.15) is 17.0 Å². The topological polar surface area (TPSA) is 60.9 Å². The predicted octanol–water partition coefficient (Wildman–Crippen LogP) is 0.896. The van der Waals surface area contributed by atoms with Crippen LogP contribution in [0.15, 0.2) is 27.8 Å². The maximum Gasteiger partial charge on any atom is 0.441 e. The highest BCUT2D eigenvalue weighted by atomic mass is 16.5. The predicted molar refractivity (Wildman–Crippen MR) is 53.6 cm³/mol. The molecule has 0 aliphatic rings. The van der Waals surface area contributed by atoms with Gasteiger partial charge in [-0.3, -0.25) is 14.1 Å². The Kier molecular flexibility index (Phi) is 2.37. The summed E-state index contributed by atoms with van der Waals surface area (Å²) < 4.78 is 6.04. The van der Waals surface area contributed by atoms with Crippen molar-refractivity contribution < 1.29 is 4.52 Å². The Balaban J connectivity index is 2.38. The van der Waals surface area contributed by atoms with Crippen molar-refractivity contribution in [1.82, 2.24) is 14.7 Å². The minimum Gasteiger partial charge on any atom is -0.296 e. The summed E-state index contributed by atoms with van der Waals surface area (Å²) in [5.74, 6) is 0.153. The van der Waals surface area contributed by atoms with Crippen LogP contribution in [0.2, 0.25) is 0 Å². The van der Waals surface area contributed by atoms with Gasteiger partial charge in [0.1, 0.15) is 0 Å². The molecule has 0 amide bonds. The van der Waals surface area contributed by atoms with Gasteiger partial charge in [-0.1, -0.05) is 5.16 Å². The summed E-state index contributed by atoms with van der Waals surface area (Å²) in [6.07, 6.45) is 3.47. The fourth-order valence-corrected chi connectivity index (χ4v) is 1.36. The highest BCUT2D eigenvalue weighted by Crippen LogP contribution is 2.07. The maximum absolute atomic E-state index is 11.3. The first-order chi connectivity index (χ1) is 7.18. The van der Waals surface area contributed by atoms with Crippen molar-refractivity contribution in [3.63, 3.8) is 0 Å². The number of rotatable bonds is 2. The molecule has 2 aromatic heterocycles. The van der Waals surface area contributed by atoms with Crippen LogP contribution in [0.25, 0.3) is 0 Å². The Morgan fingerprint density at radius 2 is 2.27 bits per heavy atom. The lowest BCUT2D eigenvalue weighted by Gasteiger charge is -2.04. The van der Waals surface area contributed by atoms with E-state index in [0.29, 0.717) is 12.4 Å². The first-order valence-corrected chi connectivity index (χ1v) is 4.61. The standard InChI is InChI=1S/C10H11N3O2/c1-7-5-11-4-3-9(7)6-13-8(2)12-15-10(13)14/h3-5H,6H2,1-2H3. The van der Waals surface area contributed by atoms with Crippen LogP contribution in [0.5, 0.6) is 0 Å². The second-order valence-electron chi connectivity index (χ2n) is 3.38. The van der Waals surface area contributed by atoms with Crippen molar-refractivity contribution in [3.05, 3.63) is 46.0 Å². The molecule has 0 aliphatic heterocycles. The Bertz CT molecular complexity index is 527. The molecular formula is C10H11N3O2. The van der Waals surface area contributed by atoms with Gasteiger partial charge in [0.05, 0.1) is 6.54 Å². The second-order valence-corrected chi connectivity index (χ2v) is 3.38. The zero-order valence-corrected chi connectivity index (χ0v) is 8.60. The third-order valence-electron chi connectivity index (χ3n) is 2.33. The van der Waals surface area contributed by atoms with Gasteiger partial charge in [-0.05, 0) is 31.0 Å². The van der Waals surface area contributed by atoms with E-state index in [-0.39, 0.29) is 0 Å². The smallest absolute Gasteiger partial charge is 0.296 e. The first kappa shape index (κ1) is 9.64. The quantitative estimate of drug-likeness (QED) is 0.730. The number of aryl methyl sites for hydroxylation is 2. The van der Waals surface area contributed by atoms with Crippen molar-refractivity contribution in [2.75, 3.05) is 0 Å². The number of aromatic nitrogens is 3. The average molecular weight is 205 g/mol. The highest BCUT2D eigenvalue weighted by molar-refractivity contribution is 5.21. The van der Waals surface area contributed by atoms with Crippen molar-refractivity contribution in [1.29, 1.82) is 0 Å². The zero-order chi connectivity index (χ0) is 10.8. The minimum absolute atomic E-state index is 0.427. The molecule has 0 aromatic carbocycles. The van der Waals surface area contributed by atoms with Gasteiger partial charge in [0, 0.05) is 12.4 Å². The minimum atomic E-state index is -0.427. The van der Waals surface area contributed by atoms with Crippen molar-refractivity contribution in [3.8, 4) is 0 Å². The molecule has 0 fully saturated rings. The van der Waals surface area contributed by atoms with E-state index in [1.54, 1.807) is 19.3 Å². The summed E-state index contributed by atoms with van der Waals surface area (Å²) in [6, 6.07) is 1.88. The lowest BCUT2D eigenvalue weighted by molar-refractivity contribution is 0.375. The Morgan fingerprint density at radius 3 is 2.87 bits per heavy atom. The molecule has 2 aromatic rings. The number of hydrogen-bond acceptors (Lipinski definition) is 4. The van der Waals surface area contributed by atoms with Crippen LogP contribution in [0.3, 0.4) is 0 Å². The third kappa shape index (κ3) is 1.81. The SMILES string of the molecule is Cc1cnccc1Cn1c(C)noc1=O. The van der Waals surface area contributed by atoms with E-state index in [0.717, 1.165) is 11.1 Å². The molecule has 0 N–H and O–H groups in total. The Morgan fingerprint density at radius 1 is 1.47 bits per heavy atom. The van der Waals surface area contributed by atoms with Crippen LogP contribution in [0, 0.1) is 13.8 Å². The molecule has 0 spiro atoms. The summed E-state index contributed by atoms with van der Waals surface area (Å²) in [5.41, 5.74) is 2.09. The van der Waals surface area contributed by atoms with Gasteiger partial charge in [-0.25, -0.2) is 4.79 Å². The van der Waals surface area contributed by atoms with Crippen LogP contribution in [-0.2, 0) is 6.54 Å². The average Bonchev–Trinajstić information content (AvgIpc) is 2.53. The van der Waals surface area contributed by atoms with E-state index in [1.807, 2.05) is 13.0 Å². The third-order valence-corrected chi connectivity index (χ3v) is 2.33. The van der Waals surface area contributed by atoms with Crippen molar-refractivity contribution in [2.24, 2.45) is 0 Å². The molecule has 0 radical (unpaired) electrons. The monoisotopic (exact) mass is 205 g/mol. The maximum atomic E-state index is 11.3. The molecule has 5 heteroatoms. The van der Waals surface area contributed by atoms with Gasteiger partial charge in [-0.2, -0.15) is 0 Å². The fraction of sp³-hybridized carbons (Fsp3) is 0.300. The molecule has 0 bridgehead atoms. The molecule has 15 heavy (non-hydrogen) atoms. The summed E-state index contributed by atoms with van der Waals surface area (Å²) in [5, 5.41) is 3.60. The van der Waals surface area contributed by atoms with E-state index in [1.165, 1.54) is 4.57 Å². The molecule has 2 heterocycles. The molecule has 5 nitrogen and oxygen atoms in total. The van der Waals surface area contributed by atoms with Crippen LogP contribution in [-0.4, -0.2) is 14.7 Å². The van der Waals surface area contributed by atoms with E-state index in [9.17, 15) is 4.79 Å². The molecule has 78 valence electrons. The summed E-state index contributed by atoms with van der Waals surface area (Å²) in [6.45, 7) is 4.17. The van der Waals surface area contributed by atoms with Crippen molar-refractivity contribution in [2.45, 2.75) is 20.4 Å². The number of hydrogen-bond donors (Lipinski definition) is 0. The van der Waals surface area contributed by atoms with Crippen molar-refractivity contribution >= 4 is 0 Å². The molecule has 0 unspecified atom stereocenters. The molecule has 0 atom stereocenters. The number of nitrogens with zero attached hydrogens (tertiary/aromatic N) is 3. The van der Waals surface area contributed by atoms with Crippen LogP contribution in [0.4, 0.5) is 0 Å². The normalized spacial score (nSPS) is 10.5. The van der Waals surface area contributed by atoms with Gasteiger partial charge >= 0.3 is 5.76 Å². The Labute approximate surface area is 86.4 Å². The summed E-state index contributed by atoms with van der Waals surface area (Å²) >= 11 is 0. The van der Waals surface area contributed by atoms with E-state index >= 15 is 0 Å². The lowest BCUT2D eigenvalue weighted by Crippen LogP contribution is -2.17. The molecular weight excluding hydrogens is 194 g/mol. The second kappa shape index (κ2) is 3.68. The van der Waals surface area contributed by atoms with Gasteiger partial charge in [0.2, 0.25) is 0 Å². The van der Waals surface area contributed by atoms with Gasteiger partial charge in [0.15, 0.2) is 5.82 Å². The summed E-state index contributed by atoms with van der Waals surface area (Å²) in [4.78, 5) is 15.3. The van der Waals surface area contributed by atoms with Gasteiger partial charge < -0.3 is 0 Å². The number of pyridine rings is 1. The van der Waals surface area contributed by atoms with E-state index < -0.39 is 5.76 Å². The summed E-state index contributed by atoms with van der Waals surface area (Å²) in [7, 11) is 0. The molecule has 0 saturated carbocycles. The zero-order valence-electron chi connectivity index (χ0n) is 8.60. The molecule has 0 aliphatic carbocycles. The first-order valence-electron chi connectivity index (χ1n) is 4.61. The van der Waals surface area contributed by atoms with E-state index in [2.05, 4.69) is 14.7 Å². The fourth-order valence-electron chi connectivity index (χ4n) is 1.36. The van der Waals surface area contributed by atoms with Crippen LogP contribution < -0.4 is 5.76 Å². The van der Waals surface area contributed by atoms with Gasteiger partial charge in [0.25, 0.3) is 0 Å². The molecule has 0 saturated heterocycles. The Hall–Kier alpha value is -1.91. The van der Waals surface area contributed by atoms with Gasteiger partial charge in [-0.15, -0.1) is 0 Å². The van der Waals surface area contributed by atoms with E-state index in [4.69, 9.17) is 0 Å². The lowest BCUT2D eigenvalue weighted by atomic mass is 10.1. The molecule has 2 rings (SSSR count). The highest BCUT2D eigenvalue weighted by Gasteiger charge is 2.07. The largest absolute Gasteiger partial charge is 0.441 e.